The molecule has 0 aromatic heterocycles. The Labute approximate surface area is 116 Å². The molecule has 4 nitrogen and oxygen atoms in total. The molecule has 1 amide bonds. The Kier molecular flexibility index (Phi) is 6.11. The molecular weight excluding hydrogens is 240 g/mol. The Morgan fingerprint density at radius 1 is 1.21 bits per heavy atom. The quantitative estimate of drug-likeness (QED) is 0.826. The smallest absolute Gasteiger partial charge is 0.248 e. The minimum Gasteiger partial charge on any atom is -0.368 e. The number of carbonyl (C=O) groups is 1. The Balaban J connectivity index is 1.63. The molecule has 0 unspecified atom stereocenters. The van der Waals surface area contributed by atoms with E-state index in [0.717, 1.165) is 44.9 Å². The summed E-state index contributed by atoms with van der Waals surface area (Å²) in [5.41, 5.74) is 0. The van der Waals surface area contributed by atoms with E-state index >= 15 is 0 Å². The lowest BCUT2D eigenvalue weighted by Gasteiger charge is -2.32. The van der Waals surface area contributed by atoms with Crippen molar-refractivity contribution in [2.45, 2.75) is 51.6 Å². The number of nitrogens with one attached hydrogen (secondary N) is 1. The highest BCUT2D eigenvalue weighted by Crippen LogP contribution is 2.21. The molecule has 110 valence electrons. The Morgan fingerprint density at radius 3 is 2.53 bits per heavy atom. The van der Waals surface area contributed by atoms with Gasteiger partial charge in [-0.1, -0.05) is 19.8 Å². The van der Waals surface area contributed by atoms with Gasteiger partial charge < -0.3 is 15.0 Å². The van der Waals surface area contributed by atoms with Gasteiger partial charge in [0.1, 0.15) is 6.61 Å². The van der Waals surface area contributed by atoms with Gasteiger partial charge in [-0.05, 0) is 44.7 Å². The monoisotopic (exact) mass is 268 g/mol. The van der Waals surface area contributed by atoms with Crippen LogP contribution in [0.2, 0.25) is 0 Å². The summed E-state index contributed by atoms with van der Waals surface area (Å²) in [7, 11) is 0. The van der Waals surface area contributed by atoms with Gasteiger partial charge in [-0.25, -0.2) is 0 Å². The van der Waals surface area contributed by atoms with Gasteiger partial charge in [-0.15, -0.1) is 0 Å². The zero-order valence-corrected chi connectivity index (χ0v) is 12.2. The van der Waals surface area contributed by atoms with Gasteiger partial charge in [-0.3, -0.25) is 4.79 Å². The van der Waals surface area contributed by atoms with Crippen molar-refractivity contribution in [2.75, 3.05) is 32.8 Å². The first-order chi connectivity index (χ1) is 9.29. The van der Waals surface area contributed by atoms with Gasteiger partial charge in [0.25, 0.3) is 0 Å². The predicted molar refractivity (Wildman–Crippen MR) is 76.1 cm³/mol. The van der Waals surface area contributed by atoms with Crippen LogP contribution in [0, 0.1) is 5.92 Å². The molecule has 0 saturated carbocycles. The van der Waals surface area contributed by atoms with Crippen LogP contribution in [0.4, 0.5) is 0 Å². The molecule has 2 aliphatic heterocycles. The lowest BCUT2D eigenvalue weighted by atomic mass is 9.92. The van der Waals surface area contributed by atoms with Crippen molar-refractivity contribution in [3.8, 4) is 0 Å². The van der Waals surface area contributed by atoms with Crippen molar-refractivity contribution in [1.82, 2.24) is 10.2 Å². The van der Waals surface area contributed by atoms with Crippen molar-refractivity contribution < 1.29 is 9.53 Å². The number of rotatable bonds is 5. The summed E-state index contributed by atoms with van der Waals surface area (Å²) in [4.78, 5) is 14.1. The molecule has 0 bridgehead atoms. The van der Waals surface area contributed by atoms with Gasteiger partial charge in [0.05, 0.1) is 6.10 Å². The molecule has 0 aromatic rings. The fraction of sp³-hybridized carbons (Fsp3) is 0.933. The second-order valence-electron chi connectivity index (χ2n) is 5.87. The third kappa shape index (κ3) is 4.77. The Bertz CT molecular complexity index is 269. The summed E-state index contributed by atoms with van der Waals surface area (Å²) in [5.74, 6) is 1.02. The Morgan fingerprint density at radius 2 is 1.89 bits per heavy atom. The van der Waals surface area contributed by atoms with Crippen LogP contribution >= 0.6 is 0 Å². The van der Waals surface area contributed by atoms with Crippen molar-refractivity contribution in [3.05, 3.63) is 0 Å². The van der Waals surface area contributed by atoms with Crippen LogP contribution in [0.25, 0.3) is 0 Å². The molecule has 4 heteroatoms. The number of piperidine rings is 2. The molecule has 2 aliphatic rings. The first-order valence-corrected chi connectivity index (χ1v) is 7.89. The number of hydrogen-bond acceptors (Lipinski definition) is 3. The Hall–Kier alpha value is -0.610. The third-order valence-electron chi connectivity index (χ3n) is 4.39. The molecule has 2 rings (SSSR count). The fourth-order valence-corrected chi connectivity index (χ4v) is 3.12. The fourth-order valence-electron chi connectivity index (χ4n) is 3.12. The summed E-state index contributed by atoms with van der Waals surface area (Å²) in [5, 5.41) is 3.31. The van der Waals surface area contributed by atoms with E-state index in [-0.39, 0.29) is 18.6 Å². The molecule has 0 aromatic carbocycles. The SMILES string of the molecule is CCCC1CCN(C(=O)COC2CCNCC2)CC1. The number of ether oxygens (including phenoxy) is 1. The topological polar surface area (TPSA) is 41.6 Å². The maximum atomic E-state index is 12.1. The van der Waals surface area contributed by atoms with Gasteiger partial charge >= 0.3 is 0 Å². The first kappa shape index (κ1) is 14.8. The van der Waals surface area contributed by atoms with E-state index in [1.165, 1.54) is 25.7 Å². The van der Waals surface area contributed by atoms with Gasteiger partial charge in [0, 0.05) is 13.1 Å². The van der Waals surface area contributed by atoms with Crippen LogP contribution in [0.1, 0.15) is 45.4 Å². The van der Waals surface area contributed by atoms with Crippen LogP contribution in [0.5, 0.6) is 0 Å². The van der Waals surface area contributed by atoms with Crippen molar-refractivity contribution in [3.63, 3.8) is 0 Å². The maximum Gasteiger partial charge on any atom is 0.248 e. The lowest BCUT2D eigenvalue weighted by molar-refractivity contribution is -0.140. The van der Waals surface area contributed by atoms with Gasteiger partial charge in [0.15, 0.2) is 0 Å². The lowest BCUT2D eigenvalue weighted by Crippen LogP contribution is -2.42. The average molecular weight is 268 g/mol. The zero-order valence-electron chi connectivity index (χ0n) is 12.2. The van der Waals surface area contributed by atoms with E-state index in [1.54, 1.807) is 0 Å². The standard InChI is InChI=1S/C15H28N2O2/c1-2-3-13-6-10-17(11-7-13)15(18)12-19-14-4-8-16-9-5-14/h13-14,16H,2-12H2,1H3. The highest BCUT2D eigenvalue weighted by molar-refractivity contribution is 5.77. The van der Waals surface area contributed by atoms with E-state index in [4.69, 9.17) is 4.74 Å². The molecule has 1 N–H and O–H groups in total. The summed E-state index contributed by atoms with van der Waals surface area (Å²) < 4.78 is 5.74. The molecule has 2 saturated heterocycles. The normalized spacial score (nSPS) is 22.7. The van der Waals surface area contributed by atoms with Crippen LogP contribution in [0.3, 0.4) is 0 Å². The molecule has 0 aliphatic carbocycles. The summed E-state index contributed by atoms with van der Waals surface area (Å²) in [6.07, 6.45) is 7.27. The average Bonchev–Trinajstić information content (AvgIpc) is 2.47. The minimum absolute atomic E-state index is 0.188. The highest BCUT2D eigenvalue weighted by Gasteiger charge is 2.23. The van der Waals surface area contributed by atoms with Crippen molar-refractivity contribution in [1.29, 1.82) is 0 Å². The van der Waals surface area contributed by atoms with Crippen LogP contribution in [-0.4, -0.2) is 49.7 Å². The molecular formula is C15H28N2O2. The number of likely N-dealkylation sites (tertiary alicyclic amines) is 1. The first-order valence-electron chi connectivity index (χ1n) is 7.89. The number of hydrogen-bond donors (Lipinski definition) is 1. The van der Waals surface area contributed by atoms with Crippen molar-refractivity contribution >= 4 is 5.91 Å². The molecule has 2 fully saturated rings. The molecule has 2 heterocycles. The molecule has 19 heavy (non-hydrogen) atoms. The van der Waals surface area contributed by atoms with E-state index in [0.29, 0.717) is 0 Å². The van der Waals surface area contributed by atoms with Crippen LogP contribution in [0.15, 0.2) is 0 Å². The zero-order chi connectivity index (χ0) is 13.5. The van der Waals surface area contributed by atoms with Crippen molar-refractivity contribution in [2.24, 2.45) is 5.92 Å². The molecule has 0 atom stereocenters. The number of nitrogens with zero attached hydrogens (tertiary/aromatic N) is 1. The predicted octanol–water partition coefficient (Wildman–Crippen LogP) is 1.79. The summed E-state index contributed by atoms with van der Waals surface area (Å²) in [6, 6.07) is 0. The minimum atomic E-state index is 0.188. The van der Waals surface area contributed by atoms with Gasteiger partial charge in [-0.2, -0.15) is 0 Å². The van der Waals surface area contributed by atoms with Gasteiger partial charge in [0.2, 0.25) is 5.91 Å². The van der Waals surface area contributed by atoms with E-state index in [2.05, 4.69) is 12.2 Å². The van der Waals surface area contributed by atoms with Crippen LogP contribution in [-0.2, 0) is 9.53 Å². The van der Waals surface area contributed by atoms with E-state index < -0.39 is 0 Å². The highest BCUT2D eigenvalue weighted by atomic mass is 16.5. The molecule has 0 spiro atoms. The number of amides is 1. The summed E-state index contributed by atoms with van der Waals surface area (Å²) in [6.45, 7) is 6.41. The number of carbonyl (C=O) groups excluding carboxylic acids is 1. The van der Waals surface area contributed by atoms with E-state index in [9.17, 15) is 4.79 Å². The largest absolute Gasteiger partial charge is 0.368 e. The molecule has 0 radical (unpaired) electrons. The third-order valence-corrected chi connectivity index (χ3v) is 4.39. The second kappa shape index (κ2) is 7.85. The second-order valence-corrected chi connectivity index (χ2v) is 5.87. The summed E-state index contributed by atoms with van der Waals surface area (Å²) >= 11 is 0. The van der Waals surface area contributed by atoms with Crippen LogP contribution < -0.4 is 5.32 Å². The maximum absolute atomic E-state index is 12.1. The van der Waals surface area contributed by atoms with E-state index in [1.807, 2.05) is 4.90 Å².